The molecule has 2 rings (SSSR count). The summed E-state index contributed by atoms with van der Waals surface area (Å²) in [7, 11) is 0. The van der Waals surface area contributed by atoms with Gasteiger partial charge >= 0.3 is 0 Å². The highest BCUT2D eigenvalue weighted by Gasteiger charge is 2.09. The molecule has 1 N–H and O–H groups in total. The largest absolute Gasteiger partial charge is 0.381 e. The van der Waals surface area contributed by atoms with Gasteiger partial charge in [0, 0.05) is 23.9 Å². The van der Waals surface area contributed by atoms with Crippen LogP contribution in [0.1, 0.15) is 36.5 Å². The van der Waals surface area contributed by atoms with Gasteiger partial charge in [0.15, 0.2) is 0 Å². The molecule has 0 spiro atoms. The lowest BCUT2D eigenvalue weighted by molar-refractivity contribution is -0.385. The average Bonchev–Trinajstić information content (AvgIpc) is 2.45. The van der Waals surface area contributed by atoms with Crippen molar-refractivity contribution >= 4 is 11.4 Å². The van der Waals surface area contributed by atoms with Gasteiger partial charge in [-0.1, -0.05) is 38.1 Å². The van der Waals surface area contributed by atoms with Crippen molar-refractivity contribution in [3.63, 3.8) is 0 Å². The predicted molar refractivity (Wildman–Crippen MR) is 85.7 cm³/mol. The standard InChI is InChI=1S/C17H20N2O2/c1-12(2)15-6-4-14(5-7-15)11-18-16-8-9-17(19(20)21)13(3)10-16/h4-10,12,18H,11H2,1-3H3. The molecule has 2 aromatic carbocycles. The molecule has 110 valence electrons. The van der Waals surface area contributed by atoms with E-state index in [4.69, 9.17) is 0 Å². The summed E-state index contributed by atoms with van der Waals surface area (Å²) in [5.41, 5.74) is 4.23. The summed E-state index contributed by atoms with van der Waals surface area (Å²) in [5.74, 6) is 0.532. The summed E-state index contributed by atoms with van der Waals surface area (Å²) in [6.07, 6.45) is 0. The third kappa shape index (κ3) is 3.81. The minimum atomic E-state index is -0.357. The van der Waals surface area contributed by atoms with Crippen molar-refractivity contribution in [1.82, 2.24) is 0 Å². The van der Waals surface area contributed by atoms with Crippen molar-refractivity contribution in [2.45, 2.75) is 33.2 Å². The molecule has 21 heavy (non-hydrogen) atoms. The number of nitro benzene ring substituents is 1. The van der Waals surface area contributed by atoms with Gasteiger partial charge in [0.25, 0.3) is 5.69 Å². The highest BCUT2D eigenvalue weighted by atomic mass is 16.6. The Morgan fingerprint density at radius 1 is 1.14 bits per heavy atom. The molecule has 0 saturated carbocycles. The molecule has 0 radical (unpaired) electrons. The Morgan fingerprint density at radius 3 is 2.33 bits per heavy atom. The van der Waals surface area contributed by atoms with Crippen LogP contribution in [-0.4, -0.2) is 4.92 Å². The molecule has 0 aliphatic heterocycles. The first-order chi connectivity index (χ1) is 9.97. The molecule has 2 aromatic rings. The number of nitrogens with zero attached hydrogens (tertiary/aromatic N) is 1. The number of anilines is 1. The zero-order valence-corrected chi connectivity index (χ0v) is 12.6. The molecule has 0 heterocycles. The van der Waals surface area contributed by atoms with E-state index in [0.717, 1.165) is 5.69 Å². The second-order valence-electron chi connectivity index (χ2n) is 5.51. The maximum atomic E-state index is 10.8. The lowest BCUT2D eigenvalue weighted by Crippen LogP contribution is -2.01. The first kappa shape index (κ1) is 15.0. The van der Waals surface area contributed by atoms with Crippen molar-refractivity contribution in [2.75, 3.05) is 5.32 Å². The molecular weight excluding hydrogens is 264 g/mol. The van der Waals surface area contributed by atoms with E-state index in [2.05, 4.69) is 43.4 Å². The second-order valence-corrected chi connectivity index (χ2v) is 5.51. The van der Waals surface area contributed by atoms with Crippen LogP contribution in [0.25, 0.3) is 0 Å². The van der Waals surface area contributed by atoms with Crippen molar-refractivity contribution in [3.8, 4) is 0 Å². The molecule has 0 amide bonds. The van der Waals surface area contributed by atoms with Gasteiger partial charge in [-0.2, -0.15) is 0 Å². The average molecular weight is 284 g/mol. The van der Waals surface area contributed by atoms with Gasteiger partial charge in [-0.25, -0.2) is 0 Å². The fourth-order valence-corrected chi connectivity index (χ4v) is 2.19. The number of aryl methyl sites for hydroxylation is 1. The highest BCUT2D eigenvalue weighted by Crippen LogP contribution is 2.22. The summed E-state index contributed by atoms with van der Waals surface area (Å²) in [5, 5.41) is 14.1. The van der Waals surface area contributed by atoms with Crippen LogP contribution in [0.5, 0.6) is 0 Å². The Hall–Kier alpha value is -2.36. The minimum absolute atomic E-state index is 0.154. The third-order valence-corrected chi connectivity index (χ3v) is 3.54. The van der Waals surface area contributed by atoms with Gasteiger partial charge in [-0.15, -0.1) is 0 Å². The SMILES string of the molecule is Cc1cc(NCc2ccc(C(C)C)cc2)ccc1[N+](=O)[O-]. The van der Waals surface area contributed by atoms with Gasteiger partial charge in [0.05, 0.1) is 4.92 Å². The number of nitro groups is 1. The molecule has 0 aromatic heterocycles. The fraction of sp³-hybridized carbons (Fsp3) is 0.294. The summed E-state index contributed by atoms with van der Waals surface area (Å²) in [6, 6.07) is 13.6. The van der Waals surface area contributed by atoms with Crippen molar-refractivity contribution < 1.29 is 4.92 Å². The summed E-state index contributed by atoms with van der Waals surface area (Å²) in [4.78, 5) is 10.4. The number of rotatable bonds is 5. The Kier molecular flexibility index (Phi) is 4.58. The molecule has 0 unspecified atom stereocenters. The number of benzene rings is 2. The Labute approximate surface area is 125 Å². The zero-order valence-electron chi connectivity index (χ0n) is 12.6. The minimum Gasteiger partial charge on any atom is -0.381 e. The Morgan fingerprint density at radius 2 is 1.81 bits per heavy atom. The number of nitrogens with one attached hydrogen (secondary N) is 1. The van der Waals surface area contributed by atoms with Gasteiger partial charge in [0.2, 0.25) is 0 Å². The smallest absolute Gasteiger partial charge is 0.272 e. The molecule has 0 atom stereocenters. The molecule has 0 fully saturated rings. The molecule has 0 bridgehead atoms. The van der Waals surface area contributed by atoms with Crippen molar-refractivity contribution in [2.24, 2.45) is 0 Å². The van der Waals surface area contributed by atoms with Crippen LogP contribution < -0.4 is 5.32 Å². The van der Waals surface area contributed by atoms with E-state index < -0.39 is 0 Å². The zero-order chi connectivity index (χ0) is 15.4. The summed E-state index contributed by atoms with van der Waals surface area (Å²) >= 11 is 0. The number of hydrogen-bond acceptors (Lipinski definition) is 3. The van der Waals surface area contributed by atoms with Gasteiger partial charge < -0.3 is 5.32 Å². The normalized spacial score (nSPS) is 10.7. The number of hydrogen-bond donors (Lipinski definition) is 1. The molecule has 4 heteroatoms. The van der Waals surface area contributed by atoms with Gasteiger partial charge in [-0.3, -0.25) is 10.1 Å². The first-order valence-electron chi connectivity index (χ1n) is 7.05. The van der Waals surface area contributed by atoms with E-state index >= 15 is 0 Å². The highest BCUT2D eigenvalue weighted by molar-refractivity contribution is 5.53. The van der Waals surface area contributed by atoms with Crippen LogP contribution >= 0.6 is 0 Å². The molecule has 4 nitrogen and oxygen atoms in total. The topological polar surface area (TPSA) is 55.2 Å². The first-order valence-corrected chi connectivity index (χ1v) is 7.05. The van der Waals surface area contributed by atoms with E-state index in [0.29, 0.717) is 18.0 Å². The molecule has 0 saturated heterocycles. The quantitative estimate of drug-likeness (QED) is 0.643. The van der Waals surface area contributed by atoms with Crippen LogP contribution in [0.3, 0.4) is 0 Å². The molecule has 0 aliphatic rings. The molecular formula is C17H20N2O2. The predicted octanol–water partition coefficient (Wildman–Crippen LogP) is 4.64. The fourth-order valence-electron chi connectivity index (χ4n) is 2.19. The van der Waals surface area contributed by atoms with E-state index in [9.17, 15) is 10.1 Å². The van der Waals surface area contributed by atoms with Crippen molar-refractivity contribution in [1.29, 1.82) is 0 Å². The Balaban J connectivity index is 2.03. The lowest BCUT2D eigenvalue weighted by atomic mass is 10.0. The van der Waals surface area contributed by atoms with Crippen LogP contribution in [0.2, 0.25) is 0 Å². The van der Waals surface area contributed by atoms with E-state index in [1.54, 1.807) is 25.1 Å². The lowest BCUT2D eigenvalue weighted by Gasteiger charge is -2.09. The van der Waals surface area contributed by atoms with Crippen molar-refractivity contribution in [3.05, 3.63) is 69.3 Å². The maximum Gasteiger partial charge on any atom is 0.272 e. The van der Waals surface area contributed by atoms with Crippen LogP contribution in [-0.2, 0) is 6.54 Å². The van der Waals surface area contributed by atoms with E-state index in [1.807, 2.05) is 0 Å². The van der Waals surface area contributed by atoms with E-state index in [1.165, 1.54) is 11.1 Å². The monoisotopic (exact) mass is 284 g/mol. The third-order valence-electron chi connectivity index (χ3n) is 3.54. The van der Waals surface area contributed by atoms with E-state index in [-0.39, 0.29) is 10.6 Å². The summed E-state index contributed by atoms with van der Waals surface area (Å²) < 4.78 is 0. The maximum absolute atomic E-state index is 10.8. The van der Waals surface area contributed by atoms with Gasteiger partial charge in [-0.05, 0) is 36.1 Å². The van der Waals surface area contributed by atoms with Crippen LogP contribution in [0, 0.1) is 17.0 Å². The van der Waals surface area contributed by atoms with Crippen LogP contribution in [0.15, 0.2) is 42.5 Å². The Bertz CT molecular complexity index is 634. The van der Waals surface area contributed by atoms with Crippen LogP contribution in [0.4, 0.5) is 11.4 Å². The molecule has 0 aliphatic carbocycles. The second kappa shape index (κ2) is 6.39. The van der Waals surface area contributed by atoms with Gasteiger partial charge in [0.1, 0.15) is 0 Å². The summed E-state index contributed by atoms with van der Waals surface area (Å²) in [6.45, 7) is 6.80.